The Morgan fingerprint density at radius 3 is 2.21 bits per heavy atom. The molecule has 1 heterocycles. The zero-order chi connectivity index (χ0) is 17.8. The van der Waals surface area contributed by atoms with Gasteiger partial charge in [0.25, 0.3) is 0 Å². The van der Waals surface area contributed by atoms with Gasteiger partial charge in [-0.05, 0) is 33.3 Å². The Hall–Kier alpha value is -1.96. The average molecular weight is 329 g/mol. The highest BCUT2D eigenvalue weighted by molar-refractivity contribution is 6.59. The topological polar surface area (TPSA) is 87.5 Å². The molecule has 0 aliphatic carbocycles. The summed E-state index contributed by atoms with van der Waals surface area (Å²) in [7, 11) is -1.21. The molecule has 2 aromatic rings. The van der Waals surface area contributed by atoms with E-state index in [1.54, 1.807) is 27.7 Å². The van der Waals surface area contributed by atoms with Gasteiger partial charge >= 0.3 is 7.12 Å². The minimum Gasteiger partial charge on any atom is -0.423 e. The zero-order valence-electron chi connectivity index (χ0n) is 14.5. The first-order valence-corrected chi connectivity index (χ1v) is 7.87. The van der Waals surface area contributed by atoms with Gasteiger partial charge in [-0.3, -0.25) is 0 Å². The predicted molar refractivity (Wildman–Crippen MR) is 94.9 cm³/mol. The first-order chi connectivity index (χ1) is 11.2. The molecule has 24 heavy (non-hydrogen) atoms. The second kappa shape index (κ2) is 7.30. The SMILES string of the molecule is CC(C)(O)C(C)(C)OB(O)c1cnc(NCc2ccccc2)nc1. The molecule has 0 atom stereocenters. The second-order valence-electron chi connectivity index (χ2n) is 6.72. The summed E-state index contributed by atoms with van der Waals surface area (Å²) < 4.78 is 5.56. The fourth-order valence-electron chi connectivity index (χ4n) is 1.83. The van der Waals surface area contributed by atoms with Crippen molar-refractivity contribution in [3.05, 3.63) is 48.3 Å². The number of benzene rings is 1. The maximum absolute atomic E-state index is 10.2. The van der Waals surface area contributed by atoms with Crippen LogP contribution in [0.5, 0.6) is 0 Å². The summed E-state index contributed by atoms with van der Waals surface area (Å²) in [5, 5.41) is 23.4. The van der Waals surface area contributed by atoms with Gasteiger partial charge in [-0.2, -0.15) is 0 Å². The van der Waals surface area contributed by atoms with E-state index in [0.29, 0.717) is 18.0 Å². The fourth-order valence-corrected chi connectivity index (χ4v) is 1.83. The number of anilines is 1. The first-order valence-electron chi connectivity index (χ1n) is 7.87. The Morgan fingerprint density at radius 2 is 1.67 bits per heavy atom. The summed E-state index contributed by atoms with van der Waals surface area (Å²) in [6.07, 6.45) is 3.01. The highest BCUT2D eigenvalue weighted by Gasteiger charge is 2.39. The van der Waals surface area contributed by atoms with Crippen molar-refractivity contribution in [2.24, 2.45) is 0 Å². The molecule has 7 heteroatoms. The normalized spacial score (nSPS) is 12.1. The van der Waals surface area contributed by atoms with E-state index in [2.05, 4.69) is 15.3 Å². The molecule has 0 saturated carbocycles. The highest BCUT2D eigenvalue weighted by atomic mass is 16.5. The summed E-state index contributed by atoms with van der Waals surface area (Å²) >= 11 is 0. The molecule has 0 amide bonds. The van der Waals surface area contributed by atoms with Gasteiger partial charge in [-0.15, -0.1) is 0 Å². The molecule has 0 aliphatic heterocycles. The highest BCUT2D eigenvalue weighted by Crippen LogP contribution is 2.25. The van der Waals surface area contributed by atoms with Gasteiger partial charge in [0.05, 0.1) is 11.2 Å². The molecule has 0 unspecified atom stereocenters. The van der Waals surface area contributed by atoms with Crippen LogP contribution in [0, 0.1) is 0 Å². The molecular weight excluding hydrogens is 305 g/mol. The van der Waals surface area contributed by atoms with E-state index in [0.717, 1.165) is 5.56 Å². The molecule has 3 N–H and O–H groups in total. The molecule has 0 saturated heterocycles. The summed E-state index contributed by atoms with van der Waals surface area (Å²) in [6.45, 7) is 7.31. The fraction of sp³-hybridized carbons (Fsp3) is 0.412. The van der Waals surface area contributed by atoms with Crippen molar-refractivity contribution in [1.82, 2.24) is 9.97 Å². The molecule has 0 radical (unpaired) electrons. The van der Waals surface area contributed by atoms with Crippen molar-refractivity contribution in [3.8, 4) is 0 Å². The Bertz CT molecular complexity index is 642. The standard InChI is InChI=1S/C17H24BN3O3/c1-16(2,22)17(3,4)24-18(23)14-11-20-15(21-12-14)19-10-13-8-6-5-7-9-13/h5-9,11-12,22-23H,10H2,1-4H3,(H,19,20,21). The van der Waals surface area contributed by atoms with Crippen molar-refractivity contribution in [2.75, 3.05) is 5.32 Å². The van der Waals surface area contributed by atoms with Gasteiger partial charge in [0.15, 0.2) is 0 Å². The minimum absolute atomic E-state index is 0.428. The van der Waals surface area contributed by atoms with Gasteiger partial charge < -0.3 is 20.1 Å². The van der Waals surface area contributed by atoms with E-state index in [4.69, 9.17) is 4.65 Å². The summed E-state index contributed by atoms with van der Waals surface area (Å²) in [4.78, 5) is 8.36. The number of hydrogen-bond acceptors (Lipinski definition) is 6. The lowest BCUT2D eigenvalue weighted by Gasteiger charge is -2.38. The van der Waals surface area contributed by atoms with Crippen LogP contribution in [0.1, 0.15) is 33.3 Å². The number of rotatable bonds is 7. The molecule has 6 nitrogen and oxygen atoms in total. The Morgan fingerprint density at radius 1 is 1.08 bits per heavy atom. The zero-order valence-corrected chi connectivity index (χ0v) is 14.5. The summed E-state index contributed by atoms with van der Waals surface area (Å²) in [6, 6.07) is 9.93. The quantitative estimate of drug-likeness (QED) is 0.665. The van der Waals surface area contributed by atoms with Crippen LogP contribution in [0.15, 0.2) is 42.7 Å². The van der Waals surface area contributed by atoms with Crippen LogP contribution in [0.3, 0.4) is 0 Å². The van der Waals surface area contributed by atoms with Crippen molar-refractivity contribution in [2.45, 2.75) is 45.4 Å². The largest absolute Gasteiger partial charge is 0.494 e. The van der Waals surface area contributed by atoms with Crippen LogP contribution in [0.4, 0.5) is 5.95 Å². The molecule has 0 fully saturated rings. The maximum Gasteiger partial charge on any atom is 0.494 e. The monoisotopic (exact) mass is 329 g/mol. The van der Waals surface area contributed by atoms with Crippen LogP contribution in [0.25, 0.3) is 0 Å². The van der Waals surface area contributed by atoms with Crippen molar-refractivity contribution < 1.29 is 14.8 Å². The number of nitrogens with zero attached hydrogens (tertiary/aromatic N) is 2. The summed E-state index contributed by atoms with van der Waals surface area (Å²) in [5.74, 6) is 0.469. The van der Waals surface area contributed by atoms with E-state index >= 15 is 0 Å². The van der Waals surface area contributed by atoms with Gasteiger partial charge in [0.2, 0.25) is 5.95 Å². The molecule has 0 aliphatic rings. The number of nitrogens with one attached hydrogen (secondary N) is 1. The molecule has 2 rings (SSSR count). The lowest BCUT2D eigenvalue weighted by Crippen LogP contribution is -2.53. The van der Waals surface area contributed by atoms with Crippen LogP contribution < -0.4 is 10.8 Å². The van der Waals surface area contributed by atoms with Gasteiger partial charge in [0, 0.05) is 24.4 Å². The molecule has 0 spiro atoms. The summed E-state index contributed by atoms with van der Waals surface area (Å²) in [5.41, 5.74) is -0.485. The Balaban J connectivity index is 1.96. The third-order valence-corrected chi connectivity index (χ3v) is 4.13. The van der Waals surface area contributed by atoms with Crippen LogP contribution >= 0.6 is 0 Å². The maximum atomic E-state index is 10.2. The molecule has 0 bridgehead atoms. The first kappa shape index (κ1) is 18.4. The van der Waals surface area contributed by atoms with E-state index in [-0.39, 0.29) is 0 Å². The number of aromatic nitrogens is 2. The van der Waals surface area contributed by atoms with Crippen molar-refractivity contribution >= 4 is 18.5 Å². The van der Waals surface area contributed by atoms with Gasteiger partial charge in [0.1, 0.15) is 0 Å². The average Bonchev–Trinajstić information content (AvgIpc) is 2.53. The molecule has 128 valence electrons. The lowest BCUT2D eigenvalue weighted by molar-refractivity contribution is -0.0982. The van der Waals surface area contributed by atoms with E-state index in [9.17, 15) is 10.1 Å². The Kier molecular flexibility index (Phi) is 5.59. The van der Waals surface area contributed by atoms with E-state index in [1.165, 1.54) is 12.4 Å². The predicted octanol–water partition coefficient (Wildman–Crippen LogP) is 1.34. The number of hydrogen-bond donors (Lipinski definition) is 3. The molecular formula is C17H24BN3O3. The van der Waals surface area contributed by atoms with Gasteiger partial charge in [-0.1, -0.05) is 30.3 Å². The third-order valence-electron chi connectivity index (χ3n) is 4.13. The number of aliphatic hydroxyl groups is 1. The van der Waals surface area contributed by atoms with Crippen molar-refractivity contribution in [1.29, 1.82) is 0 Å². The smallest absolute Gasteiger partial charge is 0.423 e. The van der Waals surface area contributed by atoms with E-state index < -0.39 is 18.3 Å². The molecule has 1 aromatic carbocycles. The second-order valence-corrected chi connectivity index (χ2v) is 6.72. The van der Waals surface area contributed by atoms with Crippen LogP contribution in [-0.2, 0) is 11.2 Å². The van der Waals surface area contributed by atoms with Crippen LogP contribution in [0.2, 0.25) is 0 Å². The van der Waals surface area contributed by atoms with E-state index in [1.807, 2.05) is 30.3 Å². The van der Waals surface area contributed by atoms with Gasteiger partial charge in [-0.25, -0.2) is 9.97 Å². The lowest BCUT2D eigenvalue weighted by atomic mass is 9.78. The van der Waals surface area contributed by atoms with Crippen LogP contribution in [-0.4, -0.2) is 38.4 Å². The van der Waals surface area contributed by atoms with Crippen molar-refractivity contribution in [3.63, 3.8) is 0 Å². The Labute approximate surface area is 143 Å². The minimum atomic E-state index is -1.21. The molecule has 1 aromatic heterocycles. The third kappa shape index (κ3) is 4.77.